The van der Waals surface area contributed by atoms with Gasteiger partial charge >= 0.3 is 6.18 Å². The Morgan fingerprint density at radius 2 is 1.90 bits per heavy atom. The molecule has 2 aromatic heterocycles. The molecule has 1 aromatic carbocycles. The third-order valence-corrected chi connectivity index (χ3v) is 4.98. The lowest BCUT2D eigenvalue weighted by Crippen LogP contribution is -2.38. The van der Waals surface area contributed by atoms with E-state index in [0.717, 1.165) is 11.3 Å². The third kappa shape index (κ3) is 4.01. The molecule has 0 unspecified atom stereocenters. The molecule has 1 aliphatic heterocycles. The van der Waals surface area contributed by atoms with Gasteiger partial charge in [-0.3, -0.25) is 4.79 Å². The molecular weight excluding hydrogens is 385 g/mol. The van der Waals surface area contributed by atoms with Gasteiger partial charge in [-0.05, 0) is 49.6 Å². The highest BCUT2D eigenvalue weighted by atomic mass is 19.4. The molecule has 0 bridgehead atoms. The number of piperidine rings is 1. The van der Waals surface area contributed by atoms with Crippen molar-refractivity contribution in [2.24, 2.45) is 5.92 Å². The maximum absolute atomic E-state index is 13.0. The van der Waals surface area contributed by atoms with Crippen molar-refractivity contribution in [3.05, 3.63) is 47.8 Å². The molecule has 152 valence electrons. The van der Waals surface area contributed by atoms with E-state index in [4.69, 9.17) is 0 Å². The van der Waals surface area contributed by atoms with Crippen molar-refractivity contribution in [2.45, 2.75) is 25.9 Å². The SMILES string of the molecule is Cc1cccc(NC(=O)C2CCN(c3ccc4nnc(C(F)(F)F)n4n3)CC2)c1. The Bertz CT molecular complexity index is 1040. The summed E-state index contributed by atoms with van der Waals surface area (Å²) in [6, 6.07) is 10.7. The number of rotatable bonds is 3. The van der Waals surface area contributed by atoms with E-state index in [0.29, 0.717) is 36.3 Å². The van der Waals surface area contributed by atoms with Gasteiger partial charge in [-0.1, -0.05) is 12.1 Å². The van der Waals surface area contributed by atoms with Crippen LogP contribution in [0.2, 0.25) is 0 Å². The van der Waals surface area contributed by atoms with Crippen LogP contribution in [0.5, 0.6) is 0 Å². The largest absolute Gasteiger partial charge is 0.453 e. The highest BCUT2D eigenvalue weighted by molar-refractivity contribution is 5.92. The van der Waals surface area contributed by atoms with Gasteiger partial charge in [0.05, 0.1) is 0 Å². The van der Waals surface area contributed by atoms with E-state index in [1.165, 1.54) is 6.07 Å². The van der Waals surface area contributed by atoms with Crippen LogP contribution < -0.4 is 10.2 Å². The highest BCUT2D eigenvalue weighted by Crippen LogP contribution is 2.29. The second-order valence-corrected chi connectivity index (χ2v) is 7.10. The molecular formula is C19H19F3N6O. The molecule has 1 amide bonds. The van der Waals surface area contributed by atoms with Gasteiger partial charge in [-0.25, -0.2) is 0 Å². The van der Waals surface area contributed by atoms with Gasteiger partial charge in [-0.2, -0.15) is 17.7 Å². The number of aromatic nitrogens is 4. The van der Waals surface area contributed by atoms with Crippen molar-refractivity contribution >= 4 is 23.1 Å². The van der Waals surface area contributed by atoms with Gasteiger partial charge < -0.3 is 10.2 Å². The van der Waals surface area contributed by atoms with Gasteiger partial charge in [-0.15, -0.1) is 15.3 Å². The molecule has 1 saturated heterocycles. The maximum atomic E-state index is 13.0. The lowest BCUT2D eigenvalue weighted by Gasteiger charge is -2.32. The minimum Gasteiger partial charge on any atom is -0.355 e. The fourth-order valence-electron chi connectivity index (χ4n) is 3.46. The highest BCUT2D eigenvalue weighted by Gasteiger charge is 2.38. The maximum Gasteiger partial charge on any atom is 0.453 e. The Kier molecular flexibility index (Phi) is 4.85. The van der Waals surface area contributed by atoms with Crippen LogP contribution in [0, 0.1) is 12.8 Å². The minimum absolute atomic E-state index is 0.0356. The fraction of sp³-hybridized carbons (Fsp3) is 0.368. The van der Waals surface area contributed by atoms with Gasteiger partial charge in [0.2, 0.25) is 5.91 Å². The molecule has 3 aromatic rings. The van der Waals surface area contributed by atoms with Crippen LogP contribution >= 0.6 is 0 Å². The van der Waals surface area contributed by atoms with E-state index in [1.807, 2.05) is 36.1 Å². The first-order valence-corrected chi connectivity index (χ1v) is 9.23. The normalized spacial score (nSPS) is 15.7. The van der Waals surface area contributed by atoms with Gasteiger partial charge in [0, 0.05) is 24.7 Å². The predicted molar refractivity (Wildman–Crippen MR) is 101 cm³/mol. The number of amides is 1. The lowest BCUT2D eigenvalue weighted by molar-refractivity contribution is -0.146. The molecule has 0 saturated carbocycles. The molecule has 7 nitrogen and oxygen atoms in total. The van der Waals surface area contributed by atoms with Crippen LogP contribution in [0.1, 0.15) is 24.2 Å². The van der Waals surface area contributed by atoms with Crippen molar-refractivity contribution < 1.29 is 18.0 Å². The predicted octanol–water partition coefficient (Wildman–Crippen LogP) is 3.31. The minimum atomic E-state index is -4.63. The summed E-state index contributed by atoms with van der Waals surface area (Å²) in [4.78, 5) is 14.4. The molecule has 10 heteroatoms. The number of halogens is 3. The van der Waals surface area contributed by atoms with Crippen LogP contribution in [0.4, 0.5) is 24.7 Å². The number of alkyl halides is 3. The van der Waals surface area contributed by atoms with Gasteiger partial charge in [0.25, 0.3) is 5.82 Å². The molecule has 1 fully saturated rings. The van der Waals surface area contributed by atoms with Crippen molar-refractivity contribution in [2.75, 3.05) is 23.3 Å². The first-order chi connectivity index (χ1) is 13.8. The topological polar surface area (TPSA) is 75.4 Å². The fourth-order valence-corrected chi connectivity index (χ4v) is 3.46. The van der Waals surface area contributed by atoms with Crippen molar-refractivity contribution in [1.29, 1.82) is 0 Å². The lowest BCUT2D eigenvalue weighted by atomic mass is 9.95. The number of carbonyl (C=O) groups is 1. The van der Waals surface area contributed by atoms with E-state index in [9.17, 15) is 18.0 Å². The zero-order valence-corrected chi connectivity index (χ0v) is 15.6. The Labute approximate surface area is 164 Å². The Hall–Kier alpha value is -3.17. The van der Waals surface area contributed by atoms with Crippen LogP contribution in [0.25, 0.3) is 5.65 Å². The summed E-state index contributed by atoms with van der Waals surface area (Å²) in [6.45, 7) is 3.00. The molecule has 0 radical (unpaired) electrons. The molecule has 0 spiro atoms. The quantitative estimate of drug-likeness (QED) is 0.725. The molecule has 1 N–H and O–H groups in total. The monoisotopic (exact) mass is 404 g/mol. The number of benzene rings is 1. The van der Waals surface area contributed by atoms with E-state index >= 15 is 0 Å². The molecule has 29 heavy (non-hydrogen) atoms. The summed E-state index contributed by atoms with van der Waals surface area (Å²) < 4.78 is 39.9. The van der Waals surface area contributed by atoms with Gasteiger partial charge in [0.15, 0.2) is 5.65 Å². The smallest absolute Gasteiger partial charge is 0.355 e. The van der Waals surface area contributed by atoms with Crippen molar-refractivity contribution in [3.63, 3.8) is 0 Å². The summed E-state index contributed by atoms with van der Waals surface area (Å²) in [5, 5.41) is 13.7. The van der Waals surface area contributed by atoms with Crippen LogP contribution in [-0.2, 0) is 11.0 Å². The molecule has 4 rings (SSSR count). The second kappa shape index (κ2) is 7.34. The number of hydrogen-bond acceptors (Lipinski definition) is 5. The first kappa shape index (κ1) is 19.2. The van der Waals surface area contributed by atoms with Crippen LogP contribution in [0.3, 0.4) is 0 Å². The van der Waals surface area contributed by atoms with E-state index in [1.54, 1.807) is 6.07 Å². The Morgan fingerprint density at radius 1 is 1.14 bits per heavy atom. The molecule has 0 atom stereocenters. The summed E-state index contributed by atoms with van der Waals surface area (Å²) in [6.07, 6.45) is -3.46. The standard InChI is InChI=1S/C19H19F3N6O/c1-12-3-2-4-14(11-12)23-17(29)13-7-9-27(10-8-13)16-6-5-15-24-25-18(19(20,21)22)28(15)26-16/h2-6,11,13H,7-10H2,1H3,(H,23,29). The molecule has 1 aliphatic rings. The number of nitrogens with zero attached hydrogens (tertiary/aromatic N) is 5. The second-order valence-electron chi connectivity index (χ2n) is 7.10. The molecule has 3 heterocycles. The van der Waals surface area contributed by atoms with Gasteiger partial charge in [0.1, 0.15) is 5.82 Å². The average Bonchev–Trinajstić information content (AvgIpc) is 3.12. The number of aryl methyl sites for hydroxylation is 1. The number of fused-ring (bicyclic) bond motifs is 1. The summed E-state index contributed by atoms with van der Waals surface area (Å²) in [5.74, 6) is -0.949. The van der Waals surface area contributed by atoms with E-state index in [2.05, 4.69) is 20.6 Å². The summed E-state index contributed by atoms with van der Waals surface area (Å²) >= 11 is 0. The number of carbonyl (C=O) groups excluding carboxylic acids is 1. The van der Waals surface area contributed by atoms with Crippen molar-refractivity contribution in [3.8, 4) is 0 Å². The Morgan fingerprint density at radius 3 is 2.59 bits per heavy atom. The Balaban J connectivity index is 1.43. The van der Waals surface area contributed by atoms with E-state index < -0.39 is 12.0 Å². The molecule has 0 aliphatic carbocycles. The third-order valence-electron chi connectivity index (χ3n) is 4.98. The van der Waals surface area contributed by atoms with Crippen LogP contribution in [-0.4, -0.2) is 38.8 Å². The zero-order valence-electron chi connectivity index (χ0n) is 15.6. The first-order valence-electron chi connectivity index (χ1n) is 9.23. The number of nitrogens with one attached hydrogen (secondary N) is 1. The zero-order chi connectivity index (χ0) is 20.6. The summed E-state index contributed by atoms with van der Waals surface area (Å²) in [7, 11) is 0. The van der Waals surface area contributed by atoms with E-state index in [-0.39, 0.29) is 17.5 Å². The number of hydrogen-bond donors (Lipinski definition) is 1. The van der Waals surface area contributed by atoms with Crippen LogP contribution in [0.15, 0.2) is 36.4 Å². The average molecular weight is 404 g/mol. The number of anilines is 2. The van der Waals surface area contributed by atoms with Crippen molar-refractivity contribution in [1.82, 2.24) is 19.8 Å². The summed E-state index contributed by atoms with van der Waals surface area (Å²) in [5.41, 5.74) is 1.86.